The lowest BCUT2D eigenvalue weighted by molar-refractivity contribution is 0.334. The molecule has 0 aromatic heterocycles. The molecule has 2 rings (SSSR count). The van der Waals surface area contributed by atoms with Gasteiger partial charge in [-0.3, -0.25) is 0 Å². The Morgan fingerprint density at radius 3 is 2.79 bits per heavy atom. The molecule has 0 unspecified atom stereocenters. The molecule has 0 fully saturated rings. The van der Waals surface area contributed by atoms with Crippen LogP contribution in [0.4, 0.5) is 5.69 Å². The predicted octanol–water partition coefficient (Wildman–Crippen LogP) is 1.78. The molecule has 0 aliphatic carbocycles. The lowest BCUT2D eigenvalue weighted by Crippen LogP contribution is -2.13. The zero-order chi connectivity index (χ0) is 10.3. The monoisotopic (exact) mass is 192 g/mol. The fourth-order valence-electron chi connectivity index (χ4n) is 1.94. The van der Waals surface area contributed by atoms with E-state index < -0.39 is 0 Å². The van der Waals surface area contributed by atoms with Gasteiger partial charge in [0.1, 0.15) is 12.4 Å². The molecule has 1 aromatic carbocycles. The second kappa shape index (κ2) is 3.17. The average molecular weight is 192 g/mol. The summed E-state index contributed by atoms with van der Waals surface area (Å²) in [4.78, 5) is 0. The van der Waals surface area contributed by atoms with Gasteiger partial charge in [0.05, 0.1) is 11.7 Å². The summed E-state index contributed by atoms with van der Waals surface area (Å²) in [5, 5.41) is 0. The van der Waals surface area contributed by atoms with Crippen molar-refractivity contribution in [2.45, 2.75) is 25.8 Å². The Kier molecular flexibility index (Phi) is 2.11. The number of anilines is 1. The summed E-state index contributed by atoms with van der Waals surface area (Å²) < 4.78 is 5.48. The topological polar surface area (TPSA) is 61.3 Å². The van der Waals surface area contributed by atoms with E-state index in [-0.39, 0.29) is 6.04 Å². The molecule has 3 heteroatoms. The van der Waals surface area contributed by atoms with Gasteiger partial charge in [0.25, 0.3) is 0 Å². The largest absolute Gasteiger partial charge is 0.489 e. The Morgan fingerprint density at radius 2 is 2.14 bits per heavy atom. The number of benzene rings is 1. The first-order valence-electron chi connectivity index (χ1n) is 4.92. The molecule has 14 heavy (non-hydrogen) atoms. The summed E-state index contributed by atoms with van der Waals surface area (Å²) in [5.74, 6) is 1.25. The minimum Gasteiger partial charge on any atom is -0.489 e. The van der Waals surface area contributed by atoms with Crippen LogP contribution in [0.25, 0.3) is 0 Å². The molecule has 0 amide bonds. The van der Waals surface area contributed by atoms with E-state index in [0.717, 1.165) is 11.3 Å². The Morgan fingerprint density at radius 1 is 1.43 bits per heavy atom. The van der Waals surface area contributed by atoms with E-state index in [2.05, 4.69) is 13.8 Å². The van der Waals surface area contributed by atoms with E-state index in [4.69, 9.17) is 16.2 Å². The number of hydrogen-bond acceptors (Lipinski definition) is 3. The fraction of sp³-hybridized carbons (Fsp3) is 0.455. The molecule has 1 aliphatic rings. The molecule has 1 aromatic rings. The van der Waals surface area contributed by atoms with Gasteiger partial charge in [-0.15, -0.1) is 0 Å². The summed E-state index contributed by atoms with van der Waals surface area (Å²) in [5.41, 5.74) is 14.8. The van der Waals surface area contributed by atoms with Gasteiger partial charge >= 0.3 is 0 Å². The molecule has 76 valence electrons. The van der Waals surface area contributed by atoms with E-state index in [1.54, 1.807) is 0 Å². The molecule has 3 nitrogen and oxygen atoms in total. The zero-order valence-corrected chi connectivity index (χ0v) is 8.58. The van der Waals surface area contributed by atoms with Gasteiger partial charge in [0, 0.05) is 5.56 Å². The van der Waals surface area contributed by atoms with Crippen LogP contribution >= 0.6 is 0 Å². The van der Waals surface area contributed by atoms with Gasteiger partial charge in [-0.1, -0.05) is 19.9 Å². The lowest BCUT2D eigenvalue weighted by Gasteiger charge is -2.13. The highest BCUT2D eigenvalue weighted by Gasteiger charge is 2.26. The van der Waals surface area contributed by atoms with E-state index in [1.807, 2.05) is 12.1 Å². The van der Waals surface area contributed by atoms with Crippen molar-refractivity contribution in [3.63, 3.8) is 0 Å². The second-order valence-electron chi connectivity index (χ2n) is 4.06. The summed E-state index contributed by atoms with van der Waals surface area (Å²) in [6, 6.07) is 3.92. The van der Waals surface area contributed by atoms with Gasteiger partial charge in [-0.25, -0.2) is 0 Å². The van der Waals surface area contributed by atoms with Crippen molar-refractivity contribution in [1.82, 2.24) is 0 Å². The van der Waals surface area contributed by atoms with Crippen LogP contribution in [0.1, 0.15) is 36.9 Å². The van der Waals surface area contributed by atoms with Crippen molar-refractivity contribution >= 4 is 5.69 Å². The van der Waals surface area contributed by atoms with Crippen LogP contribution in [0.2, 0.25) is 0 Å². The van der Waals surface area contributed by atoms with Gasteiger partial charge in [-0.05, 0) is 17.5 Å². The zero-order valence-electron chi connectivity index (χ0n) is 8.58. The van der Waals surface area contributed by atoms with Crippen molar-refractivity contribution in [3.8, 4) is 5.75 Å². The molecular weight excluding hydrogens is 176 g/mol. The maximum absolute atomic E-state index is 5.97. The number of rotatable bonds is 1. The summed E-state index contributed by atoms with van der Waals surface area (Å²) in [7, 11) is 0. The highest BCUT2D eigenvalue weighted by Crippen LogP contribution is 2.40. The normalized spacial score (nSPS) is 19.6. The van der Waals surface area contributed by atoms with E-state index in [1.165, 1.54) is 5.56 Å². The third-order valence-corrected chi connectivity index (χ3v) is 2.66. The van der Waals surface area contributed by atoms with Crippen molar-refractivity contribution in [2.75, 3.05) is 12.3 Å². The number of fused-ring (bicyclic) bond motifs is 1. The van der Waals surface area contributed by atoms with Crippen LogP contribution in [0.5, 0.6) is 5.75 Å². The molecule has 4 N–H and O–H groups in total. The van der Waals surface area contributed by atoms with Gasteiger partial charge in [0.2, 0.25) is 0 Å². The van der Waals surface area contributed by atoms with Crippen molar-refractivity contribution < 1.29 is 4.74 Å². The minimum absolute atomic E-state index is 0.0223. The number of hydrogen-bond donors (Lipinski definition) is 2. The van der Waals surface area contributed by atoms with E-state index in [0.29, 0.717) is 18.2 Å². The highest BCUT2D eigenvalue weighted by molar-refractivity contribution is 5.62. The molecule has 0 saturated carbocycles. The first-order chi connectivity index (χ1) is 6.61. The van der Waals surface area contributed by atoms with E-state index in [9.17, 15) is 0 Å². The van der Waals surface area contributed by atoms with Gasteiger partial charge in [-0.2, -0.15) is 0 Å². The van der Waals surface area contributed by atoms with Crippen LogP contribution in [0.3, 0.4) is 0 Å². The number of nitrogen functional groups attached to an aromatic ring is 1. The molecule has 0 radical (unpaired) electrons. The molecule has 1 aliphatic heterocycles. The molecule has 0 spiro atoms. The summed E-state index contributed by atoms with van der Waals surface area (Å²) in [6.07, 6.45) is 0. The molecule has 0 bridgehead atoms. The van der Waals surface area contributed by atoms with Crippen molar-refractivity contribution in [3.05, 3.63) is 23.3 Å². The third kappa shape index (κ3) is 1.24. The first-order valence-corrected chi connectivity index (χ1v) is 4.92. The summed E-state index contributed by atoms with van der Waals surface area (Å²) >= 11 is 0. The Bertz CT molecular complexity index is 361. The van der Waals surface area contributed by atoms with Crippen LogP contribution in [0, 0.1) is 0 Å². The van der Waals surface area contributed by atoms with Crippen molar-refractivity contribution in [2.24, 2.45) is 5.73 Å². The second-order valence-corrected chi connectivity index (χ2v) is 4.06. The first kappa shape index (κ1) is 9.34. The maximum Gasteiger partial charge on any atom is 0.147 e. The Labute approximate surface area is 84.0 Å². The van der Waals surface area contributed by atoms with Crippen molar-refractivity contribution in [1.29, 1.82) is 0 Å². The number of nitrogens with two attached hydrogens (primary N) is 2. The third-order valence-electron chi connectivity index (χ3n) is 2.66. The lowest BCUT2D eigenvalue weighted by atomic mass is 9.93. The molecule has 1 atom stereocenters. The minimum atomic E-state index is -0.0223. The van der Waals surface area contributed by atoms with Crippen LogP contribution in [0.15, 0.2) is 12.1 Å². The Hall–Kier alpha value is -1.22. The number of ether oxygens (including phenoxy) is 1. The van der Waals surface area contributed by atoms with E-state index >= 15 is 0 Å². The summed E-state index contributed by atoms with van der Waals surface area (Å²) in [6.45, 7) is 4.84. The molecular formula is C11H16N2O. The van der Waals surface area contributed by atoms with Gasteiger partial charge < -0.3 is 16.2 Å². The highest BCUT2D eigenvalue weighted by atomic mass is 16.5. The Balaban J connectivity index is 2.60. The van der Waals surface area contributed by atoms with Crippen LogP contribution in [-0.4, -0.2) is 6.61 Å². The fourth-order valence-corrected chi connectivity index (χ4v) is 1.94. The SMILES string of the molecule is CC(C)c1ccc(N)c2c1[C@H](N)CO2. The molecule has 0 saturated heterocycles. The smallest absolute Gasteiger partial charge is 0.147 e. The standard InChI is InChI=1S/C11H16N2O/c1-6(2)7-3-4-8(12)11-10(7)9(13)5-14-11/h3-4,6,9H,5,12-13H2,1-2H3/t9-/m1/s1. The quantitative estimate of drug-likeness (QED) is 0.667. The van der Waals surface area contributed by atoms with Gasteiger partial charge in [0.15, 0.2) is 0 Å². The predicted molar refractivity (Wildman–Crippen MR) is 57.4 cm³/mol. The molecule has 1 heterocycles. The van der Waals surface area contributed by atoms with Crippen LogP contribution in [-0.2, 0) is 0 Å². The maximum atomic E-state index is 5.97. The van der Waals surface area contributed by atoms with Crippen LogP contribution < -0.4 is 16.2 Å². The average Bonchev–Trinajstić information content (AvgIpc) is 2.50.